The molecule has 0 radical (unpaired) electrons. The average Bonchev–Trinajstić information content (AvgIpc) is 2.84. The van der Waals surface area contributed by atoms with Crippen molar-refractivity contribution in [3.05, 3.63) is 34.9 Å². The molecular weight excluding hydrogens is 170 g/mol. The molecule has 0 aromatic heterocycles. The SMILES string of the molecule is Clc1cccc(CNC2CC2)c1. The Morgan fingerprint density at radius 2 is 2.25 bits per heavy atom. The second kappa shape index (κ2) is 3.46. The number of hydrogen-bond donors (Lipinski definition) is 1. The van der Waals surface area contributed by atoms with E-state index in [9.17, 15) is 0 Å². The molecule has 1 N–H and O–H groups in total. The van der Waals surface area contributed by atoms with Crippen molar-refractivity contribution in [1.29, 1.82) is 0 Å². The largest absolute Gasteiger partial charge is 0.310 e. The van der Waals surface area contributed by atoms with Gasteiger partial charge in [-0.2, -0.15) is 0 Å². The summed E-state index contributed by atoms with van der Waals surface area (Å²) in [5.41, 5.74) is 1.27. The fraction of sp³-hybridized carbons (Fsp3) is 0.400. The predicted octanol–water partition coefficient (Wildman–Crippen LogP) is 2.59. The highest BCUT2D eigenvalue weighted by atomic mass is 35.5. The topological polar surface area (TPSA) is 12.0 Å². The smallest absolute Gasteiger partial charge is 0.0409 e. The molecule has 1 saturated carbocycles. The molecule has 2 heteroatoms. The molecule has 0 spiro atoms. The Morgan fingerprint density at radius 3 is 2.92 bits per heavy atom. The first-order valence-electron chi connectivity index (χ1n) is 4.32. The van der Waals surface area contributed by atoms with Crippen LogP contribution in [-0.2, 0) is 6.54 Å². The fourth-order valence-corrected chi connectivity index (χ4v) is 1.41. The van der Waals surface area contributed by atoms with Crippen molar-refractivity contribution in [2.45, 2.75) is 25.4 Å². The van der Waals surface area contributed by atoms with Gasteiger partial charge in [-0.15, -0.1) is 0 Å². The summed E-state index contributed by atoms with van der Waals surface area (Å²) in [6.45, 7) is 0.950. The first kappa shape index (κ1) is 8.09. The molecule has 1 aliphatic carbocycles. The zero-order chi connectivity index (χ0) is 8.39. The molecule has 1 aromatic rings. The molecule has 64 valence electrons. The van der Waals surface area contributed by atoms with E-state index in [0.29, 0.717) is 0 Å². The summed E-state index contributed by atoms with van der Waals surface area (Å²) in [5.74, 6) is 0. The second-order valence-corrected chi connectivity index (χ2v) is 3.72. The predicted molar refractivity (Wildman–Crippen MR) is 51.3 cm³/mol. The first-order valence-corrected chi connectivity index (χ1v) is 4.70. The Balaban J connectivity index is 1.92. The van der Waals surface area contributed by atoms with Crippen LogP contribution in [-0.4, -0.2) is 6.04 Å². The third-order valence-electron chi connectivity index (χ3n) is 2.06. The van der Waals surface area contributed by atoms with Crippen LogP contribution < -0.4 is 5.32 Å². The van der Waals surface area contributed by atoms with E-state index in [2.05, 4.69) is 11.4 Å². The zero-order valence-corrected chi connectivity index (χ0v) is 7.64. The van der Waals surface area contributed by atoms with Gasteiger partial charge >= 0.3 is 0 Å². The summed E-state index contributed by atoms with van der Waals surface area (Å²) in [7, 11) is 0. The van der Waals surface area contributed by atoms with Gasteiger partial charge in [0.1, 0.15) is 0 Å². The van der Waals surface area contributed by atoms with Gasteiger partial charge in [-0.1, -0.05) is 23.7 Å². The van der Waals surface area contributed by atoms with E-state index in [1.54, 1.807) is 0 Å². The molecular formula is C10H12ClN. The number of nitrogens with one attached hydrogen (secondary N) is 1. The standard InChI is InChI=1S/C10H12ClN/c11-9-3-1-2-8(6-9)7-12-10-4-5-10/h1-3,6,10,12H,4-5,7H2. The monoisotopic (exact) mass is 181 g/mol. The highest BCUT2D eigenvalue weighted by Gasteiger charge is 2.19. The summed E-state index contributed by atoms with van der Waals surface area (Å²) >= 11 is 5.85. The molecule has 0 heterocycles. The van der Waals surface area contributed by atoms with Crippen LogP contribution in [0.5, 0.6) is 0 Å². The van der Waals surface area contributed by atoms with Gasteiger partial charge in [0, 0.05) is 17.6 Å². The van der Waals surface area contributed by atoms with Gasteiger partial charge in [-0.25, -0.2) is 0 Å². The van der Waals surface area contributed by atoms with Gasteiger partial charge in [-0.3, -0.25) is 0 Å². The van der Waals surface area contributed by atoms with Crippen LogP contribution in [0.25, 0.3) is 0 Å². The maximum Gasteiger partial charge on any atom is 0.0409 e. The van der Waals surface area contributed by atoms with Gasteiger partial charge in [0.25, 0.3) is 0 Å². The van der Waals surface area contributed by atoms with Gasteiger partial charge < -0.3 is 5.32 Å². The minimum absolute atomic E-state index is 0.768. The van der Waals surface area contributed by atoms with Crippen LogP contribution in [0.2, 0.25) is 5.02 Å². The van der Waals surface area contributed by atoms with E-state index >= 15 is 0 Å². The lowest BCUT2D eigenvalue weighted by atomic mass is 10.2. The van der Waals surface area contributed by atoms with Crippen molar-refractivity contribution >= 4 is 11.6 Å². The Morgan fingerprint density at radius 1 is 1.42 bits per heavy atom. The summed E-state index contributed by atoms with van der Waals surface area (Å²) in [6.07, 6.45) is 2.67. The van der Waals surface area contributed by atoms with E-state index in [1.807, 2.05) is 18.2 Å². The molecule has 1 fully saturated rings. The van der Waals surface area contributed by atoms with Gasteiger partial charge in [0.05, 0.1) is 0 Å². The van der Waals surface area contributed by atoms with Crippen molar-refractivity contribution < 1.29 is 0 Å². The molecule has 2 rings (SSSR count). The summed E-state index contributed by atoms with van der Waals surface area (Å²) in [5, 5.41) is 4.27. The molecule has 1 aromatic carbocycles. The first-order chi connectivity index (χ1) is 5.84. The molecule has 0 atom stereocenters. The highest BCUT2D eigenvalue weighted by molar-refractivity contribution is 6.30. The van der Waals surface area contributed by atoms with Gasteiger partial charge in [-0.05, 0) is 30.5 Å². The molecule has 1 nitrogen and oxygen atoms in total. The van der Waals surface area contributed by atoms with E-state index in [1.165, 1.54) is 18.4 Å². The van der Waals surface area contributed by atoms with Gasteiger partial charge in [0.15, 0.2) is 0 Å². The quantitative estimate of drug-likeness (QED) is 0.756. The number of rotatable bonds is 3. The van der Waals surface area contributed by atoms with Crippen LogP contribution >= 0.6 is 11.6 Å². The fourth-order valence-electron chi connectivity index (χ4n) is 1.20. The highest BCUT2D eigenvalue weighted by Crippen LogP contribution is 2.19. The van der Waals surface area contributed by atoms with Crippen molar-refractivity contribution in [3.8, 4) is 0 Å². The molecule has 0 unspecified atom stereocenters. The minimum atomic E-state index is 0.768. The number of benzene rings is 1. The lowest BCUT2D eigenvalue weighted by molar-refractivity contribution is 0.688. The molecule has 0 saturated heterocycles. The third-order valence-corrected chi connectivity index (χ3v) is 2.30. The Hall–Kier alpha value is -0.530. The van der Waals surface area contributed by atoms with E-state index < -0.39 is 0 Å². The van der Waals surface area contributed by atoms with Crippen LogP contribution in [0.4, 0.5) is 0 Å². The Bertz CT molecular complexity index is 268. The minimum Gasteiger partial charge on any atom is -0.310 e. The van der Waals surface area contributed by atoms with E-state index in [4.69, 9.17) is 11.6 Å². The Kier molecular flexibility index (Phi) is 2.33. The molecule has 12 heavy (non-hydrogen) atoms. The normalized spacial score (nSPS) is 16.4. The second-order valence-electron chi connectivity index (χ2n) is 3.29. The maximum atomic E-state index is 5.85. The van der Waals surface area contributed by atoms with Crippen molar-refractivity contribution in [1.82, 2.24) is 5.32 Å². The molecule has 0 amide bonds. The van der Waals surface area contributed by atoms with E-state index in [0.717, 1.165) is 17.6 Å². The van der Waals surface area contributed by atoms with Crippen molar-refractivity contribution in [3.63, 3.8) is 0 Å². The zero-order valence-electron chi connectivity index (χ0n) is 6.89. The lowest BCUT2D eigenvalue weighted by Crippen LogP contribution is -2.14. The lowest BCUT2D eigenvalue weighted by Gasteiger charge is -2.02. The van der Waals surface area contributed by atoms with E-state index in [-0.39, 0.29) is 0 Å². The number of halogens is 1. The maximum absolute atomic E-state index is 5.85. The van der Waals surface area contributed by atoms with Crippen molar-refractivity contribution in [2.75, 3.05) is 0 Å². The summed E-state index contributed by atoms with van der Waals surface area (Å²) < 4.78 is 0. The van der Waals surface area contributed by atoms with Crippen LogP contribution in [0.3, 0.4) is 0 Å². The van der Waals surface area contributed by atoms with Crippen LogP contribution in [0.15, 0.2) is 24.3 Å². The molecule has 1 aliphatic rings. The van der Waals surface area contributed by atoms with Gasteiger partial charge in [0.2, 0.25) is 0 Å². The van der Waals surface area contributed by atoms with Crippen LogP contribution in [0, 0.1) is 0 Å². The summed E-state index contributed by atoms with van der Waals surface area (Å²) in [4.78, 5) is 0. The molecule has 0 aliphatic heterocycles. The van der Waals surface area contributed by atoms with Crippen LogP contribution in [0.1, 0.15) is 18.4 Å². The average molecular weight is 182 g/mol. The molecule has 0 bridgehead atoms. The third kappa shape index (κ3) is 2.23. The number of hydrogen-bond acceptors (Lipinski definition) is 1. The Labute approximate surface area is 77.7 Å². The van der Waals surface area contributed by atoms with Crippen molar-refractivity contribution in [2.24, 2.45) is 0 Å². The summed E-state index contributed by atoms with van der Waals surface area (Å²) in [6, 6.07) is 8.77.